The summed E-state index contributed by atoms with van der Waals surface area (Å²) in [6, 6.07) is 2.57. The van der Waals surface area contributed by atoms with Crippen molar-refractivity contribution in [3.63, 3.8) is 0 Å². The number of methoxy groups -OCH3 is 1. The van der Waals surface area contributed by atoms with E-state index in [1.807, 2.05) is 26.1 Å². The van der Waals surface area contributed by atoms with E-state index < -0.39 is 18.1 Å². The number of halogens is 3. The quantitative estimate of drug-likeness (QED) is 0.393. The highest BCUT2D eigenvalue weighted by Gasteiger charge is 2.39. The van der Waals surface area contributed by atoms with E-state index in [2.05, 4.69) is 25.3 Å². The van der Waals surface area contributed by atoms with Crippen LogP contribution in [-0.4, -0.2) is 56.7 Å². The number of carbonyl (C=O) groups is 1. The predicted octanol–water partition coefficient (Wildman–Crippen LogP) is 3.30. The number of nitrogens with two attached hydrogens (primary N) is 1. The van der Waals surface area contributed by atoms with Gasteiger partial charge in [-0.1, -0.05) is 20.8 Å². The van der Waals surface area contributed by atoms with Gasteiger partial charge in [0, 0.05) is 36.0 Å². The summed E-state index contributed by atoms with van der Waals surface area (Å²) < 4.78 is 42.7. The maximum Gasteiger partial charge on any atom is 0.471 e. The number of imidazole rings is 1. The first kappa shape index (κ1) is 25.7. The Morgan fingerprint density at radius 1 is 1.23 bits per heavy atom. The van der Waals surface area contributed by atoms with Gasteiger partial charge in [-0.3, -0.25) is 4.79 Å². The molecule has 3 rings (SSSR count). The fourth-order valence-electron chi connectivity index (χ4n) is 3.05. The Labute approximate surface area is 199 Å². The average molecular weight is 493 g/mol. The third kappa shape index (κ3) is 6.16. The van der Waals surface area contributed by atoms with E-state index in [9.17, 15) is 18.0 Å². The summed E-state index contributed by atoms with van der Waals surface area (Å²) in [5.41, 5.74) is 7.84. The van der Waals surface area contributed by atoms with Gasteiger partial charge in [-0.05, 0) is 19.1 Å². The smallest absolute Gasteiger partial charge is 0.471 e. The van der Waals surface area contributed by atoms with Crippen LogP contribution in [0.4, 0.5) is 24.9 Å². The van der Waals surface area contributed by atoms with Gasteiger partial charge in [0.15, 0.2) is 11.6 Å². The number of carbonyl (C=O) groups excluding carboxylic acids is 1. The molecule has 1 amide bonds. The van der Waals surface area contributed by atoms with Crippen LogP contribution in [0.3, 0.4) is 0 Å². The molecule has 5 N–H and O–H groups in total. The average Bonchev–Trinajstić information content (AvgIpc) is 3.24. The zero-order chi connectivity index (χ0) is 26.0. The van der Waals surface area contributed by atoms with Crippen LogP contribution in [0.5, 0.6) is 5.75 Å². The first-order valence-corrected chi connectivity index (χ1v) is 10.6. The lowest BCUT2D eigenvalue weighted by molar-refractivity contribution is -0.174. The molecule has 0 bridgehead atoms. The van der Waals surface area contributed by atoms with E-state index in [-0.39, 0.29) is 23.7 Å². The van der Waals surface area contributed by atoms with Crippen molar-refractivity contribution in [3.05, 3.63) is 30.4 Å². The number of aromatic amines is 1. The highest BCUT2D eigenvalue weighted by molar-refractivity contribution is 5.82. The van der Waals surface area contributed by atoms with Crippen LogP contribution in [0, 0.1) is 0 Å². The van der Waals surface area contributed by atoms with Crippen LogP contribution in [0.15, 0.2) is 24.5 Å². The summed E-state index contributed by atoms with van der Waals surface area (Å²) in [6.45, 7) is 7.43. The molecule has 0 aliphatic carbocycles. The Bertz CT molecular complexity index is 1200. The second-order valence-electron chi connectivity index (χ2n) is 8.89. The van der Waals surface area contributed by atoms with Gasteiger partial charge in [0.1, 0.15) is 5.82 Å². The second-order valence-corrected chi connectivity index (χ2v) is 8.89. The molecule has 0 saturated carbocycles. The SMILES string of the molecule is COc1cc(-c2nc(C(C)(C)C)[nH]c2-c2ccnc(NCC(C)NC(=O)C(F)(F)F)n2)cnc1N. The van der Waals surface area contributed by atoms with Crippen molar-refractivity contribution in [1.29, 1.82) is 0 Å². The first-order valence-electron chi connectivity index (χ1n) is 10.6. The molecule has 35 heavy (non-hydrogen) atoms. The first-order chi connectivity index (χ1) is 16.3. The fourth-order valence-corrected chi connectivity index (χ4v) is 3.05. The van der Waals surface area contributed by atoms with E-state index in [1.165, 1.54) is 20.2 Å². The Kier molecular flexibility index (Phi) is 7.17. The lowest BCUT2D eigenvalue weighted by Crippen LogP contribution is -2.44. The summed E-state index contributed by atoms with van der Waals surface area (Å²) in [4.78, 5) is 32.0. The van der Waals surface area contributed by atoms with Crippen molar-refractivity contribution in [2.45, 2.75) is 45.3 Å². The van der Waals surface area contributed by atoms with Crippen molar-refractivity contribution < 1.29 is 22.7 Å². The minimum atomic E-state index is -4.95. The number of anilines is 2. The van der Waals surface area contributed by atoms with Gasteiger partial charge in [-0.2, -0.15) is 13.2 Å². The van der Waals surface area contributed by atoms with Gasteiger partial charge in [0.2, 0.25) is 5.95 Å². The number of rotatable bonds is 7. The molecule has 0 aliphatic rings. The molecule has 0 radical (unpaired) electrons. The number of pyridine rings is 1. The van der Waals surface area contributed by atoms with Gasteiger partial charge in [-0.25, -0.2) is 19.9 Å². The number of amides is 1. The Morgan fingerprint density at radius 3 is 2.57 bits per heavy atom. The fraction of sp³-hybridized carbons (Fsp3) is 0.409. The van der Waals surface area contributed by atoms with E-state index in [1.54, 1.807) is 18.3 Å². The summed E-state index contributed by atoms with van der Waals surface area (Å²) in [7, 11) is 1.49. The normalized spacial score (nSPS) is 12.8. The summed E-state index contributed by atoms with van der Waals surface area (Å²) in [6.07, 6.45) is -1.87. The monoisotopic (exact) mass is 492 g/mol. The molecular formula is C22H27F3N8O2. The molecule has 13 heteroatoms. The predicted molar refractivity (Wildman–Crippen MR) is 125 cm³/mol. The molecule has 1 atom stereocenters. The number of H-pyrrole nitrogens is 1. The zero-order valence-electron chi connectivity index (χ0n) is 19.9. The largest absolute Gasteiger partial charge is 0.493 e. The van der Waals surface area contributed by atoms with Crippen molar-refractivity contribution in [3.8, 4) is 28.4 Å². The molecule has 1 unspecified atom stereocenters. The lowest BCUT2D eigenvalue weighted by Gasteiger charge is -2.16. The maximum absolute atomic E-state index is 12.5. The van der Waals surface area contributed by atoms with Crippen LogP contribution in [0.1, 0.15) is 33.5 Å². The van der Waals surface area contributed by atoms with E-state index in [4.69, 9.17) is 15.5 Å². The number of hydrogen-bond donors (Lipinski definition) is 4. The molecule has 0 saturated heterocycles. The maximum atomic E-state index is 12.5. The van der Waals surface area contributed by atoms with E-state index in [0.717, 1.165) is 0 Å². The number of ether oxygens (including phenoxy) is 1. The standard InChI is InChI=1S/C22H27F3N8O2/c1-11(30-19(34)22(23,24)25)9-29-20-27-7-6-13(31-20)16-15(32-18(33-16)21(2,3)4)12-8-14(35-5)17(26)28-10-12/h6-8,10-11H,9H2,1-5H3,(H2,26,28)(H,30,34)(H,32,33)(H,27,29,31). The van der Waals surface area contributed by atoms with E-state index >= 15 is 0 Å². The molecule has 0 aliphatic heterocycles. The number of hydrogen-bond acceptors (Lipinski definition) is 8. The Hall–Kier alpha value is -3.90. The Morgan fingerprint density at radius 2 is 1.94 bits per heavy atom. The topological polar surface area (TPSA) is 144 Å². The van der Waals surface area contributed by atoms with E-state index in [0.29, 0.717) is 34.2 Å². The molecule has 0 fully saturated rings. The third-order valence-corrected chi connectivity index (χ3v) is 4.90. The van der Waals surface area contributed by atoms with Gasteiger partial charge in [0.25, 0.3) is 0 Å². The number of aromatic nitrogens is 5. The van der Waals surface area contributed by atoms with Crippen molar-refractivity contribution in [1.82, 2.24) is 30.2 Å². The van der Waals surface area contributed by atoms with Crippen LogP contribution >= 0.6 is 0 Å². The summed E-state index contributed by atoms with van der Waals surface area (Å²) in [5.74, 6) is -0.500. The molecule has 10 nitrogen and oxygen atoms in total. The number of nitrogens with zero attached hydrogens (tertiary/aromatic N) is 4. The van der Waals surface area contributed by atoms with Gasteiger partial charge in [0.05, 0.1) is 24.2 Å². The van der Waals surface area contributed by atoms with Crippen LogP contribution in [0.25, 0.3) is 22.6 Å². The van der Waals surface area contributed by atoms with Crippen LogP contribution < -0.4 is 21.1 Å². The minimum absolute atomic E-state index is 0.0204. The minimum Gasteiger partial charge on any atom is -0.493 e. The molecule has 3 aromatic rings. The molecule has 188 valence electrons. The van der Waals surface area contributed by atoms with Gasteiger partial charge >= 0.3 is 12.1 Å². The molecule has 0 spiro atoms. The van der Waals surface area contributed by atoms with Gasteiger partial charge in [-0.15, -0.1) is 0 Å². The van der Waals surface area contributed by atoms with Gasteiger partial charge < -0.3 is 26.1 Å². The van der Waals surface area contributed by atoms with Crippen LogP contribution in [-0.2, 0) is 10.2 Å². The number of nitrogens with one attached hydrogen (secondary N) is 3. The Balaban J connectivity index is 1.92. The molecule has 3 aromatic heterocycles. The second kappa shape index (κ2) is 9.76. The van der Waals surface area contributed by atoms with Crippen molar-refractivity contribution in [2.75, 3.05) is 24.7 Å². The third-order valence-electron chi connectivity index (χ3n) is 4.90. The highest BCUT2D eigenvalue weighted by Crippen LogP contribution is 2.34. The molecular weight excluding hydrogens is 465 g/mol. The zero-order valence-corrected chi connectivity index (χ0v) is 19.9. The summed E-state index contributed by atoms with van der Waals surface area (Å²) in [5, 5.41) is 4.72. The molecule has 0 aromatic carbocycles. The lowest BCUT2D eigenvalue weighted by atomic mass is 9.96. The number of alkyl halides is 3. The highest BCUT2D eigenvalue weighted by atomic mass is 19.4. The van der Waals surface area contributed by atoms with Crippen molar-refractivity contribution >= 4 is 17.7 Å². The van der Waals surface area contributed by atoms with Crippen molar-refractivity contribution in [2.24, 2.45) is 0 Å². The molecule has 3 heterocycles. The summed E-state index contributed by atoms with van der Waals surface area (Å²) >= 11 is 0. The number of nitrogen functional groups attached to an aromatic ring is 1. The van der Waals surface area contributed by atoms with Crippen LogP contribution in [0.2, 0.25) is 0 Å².